The minimum atomic E-state index is -0.475. The van der Waals surface area contributed by atoms with Crippen LogP contribution in [0.25, 0.3) is 0 Å². The molecule has 2 aromatic rings. The second-order valence-electron chi connectivity index (χ2n) is 7.80. The minimum Gasteiger partial charge on any atom is -0.478 e. The molecule has 1 aliphatic heterocycles. The molecule has 5 heteroatoms. The van der Waals surface area contributed by atoms with E-state index in [1.807, 2.05) is 48.2 Å². The van der Waals surface area contributed by atoms with Gasteiger partial charge in [-0.05, 0) is 55.7 Å². The lowest BCUT2D eigenvalue weighted by molar-refractivity contribution is -0.134. The zero-order valence-electron chi connectivity index (χ0n) is 16.2. The Morgan fingerprint density at radius 3 is 2.50 bits per heavy atom. The van der Waals surface area contributed by atoms with Crippen molar-refractivity contribution in [2.24, 2.45) is 0 Å². The summed E-state index contributed by atoms with van der Waals surface area (Å²) in [7, 11) is 0. The summed E-state index contributed by atoms with van der Waals surface area (Å²) in [6, 6.07) is 15.8. The number of β-lactam (4-membered cyclic amide) rings is 1. The van der Waals surface area contributed by atoms with E-state index < -0.39 is 6.10 Å². The maximum atomic E-state index is 13.0. The molecule has 1 aliphatic carbocycles. The number of carbonyl (C=O) groups excluding carboxylic acids is 1. The SMILES string of the molecule is Cc1ccccc1N1C(=O)[C@H](Oc2ccc(Cl)cc2)[C@H]1CNC1CCCCC1. The lowest BCUT2D eigenvalue weighted by Gasteiger charge is -2.47. The van der Waals surface area contributed by atoms with Crippen LogP contribution in [0.4, 0.5) is 5.69 Å². The molecule has 2 aliphatic rings. The Morgan fingerprint density at radius 2 is 1.79 bits per heavy atom. The van der Waals surface area contributed by atoms with Crippen LogP contribution in [0.1, 0.15) is 37.7 Å². The zero-order valence-corrected chi connectivity index (χ0v) is 17.0. The number of carbonyl (C=O) groups is 1. The van der Waals surface area contributed by atoms with Crippen LogP contribution in [0.3, 0.4) is 0 Å². The van der Waals surface area contributed by atoms with Gasteiger partial charge >= 0.3 is 0 Å². The van der Waals surface area contributed by atoms with Gasteiger partial charge in [-0.1, -0.05) is 49.1 Å². The van der Waals surface area contributed by atoms with E-state index in [0.29, 0.717) is 16.8 Å². The second kappa shape index (κ2) is 8.54. The van der Waals surface area contributed by atoms with Crippen molar-refractivity contribution >= 4 is 23.2 Å². The van der Waals surface area contributed by atoms with Gasteiger partial charge in [-0.2, -0.15) is 0 Å². The van der Waals surface area contributed by atoms with Crippen LogP contribution in [0.15, 0.2) is 48.5 Å². The van der Waals surface area contributed by atoms with Crippen molar-refractivity contribution in [3.05, 3.63) is 59.1 Å². The molecule has 0 aromatic heterocycles. The van der Waals surface area contributed by atoms with Gasteiger partial charge in [-0.25, -0.2) is 0 Å². The van der Waals surface area contributed by atoms with Crippen molar-refractivity contribution in [3.63, 3.8) is 0 Å². The topological polar surface area (TPSA) is 41.6 Å². The third kappa shape index (κ3) is 4.03. The average molecular weight is 399 g/mol. The van der Waals surface area contributed by atoms with E-state index in [2.05, 4.69) is 5.32 Å². The molecule has 1 N–H and O–H groups in total. The largest absolute Gasteiger partial charge is 0.478 e. The first-order chi connectivity index (χ1) is 13.6. The Morgan fingerprint density at radius 1 is 1.07 bits per heavy atom. The quantitative estimate of drug-likeness (QED) is 0.715. The molecule has 1 saturated carbocycles. The normalized spacial score (nSPS) is 22.8. The van der Waals surface area contributed by atoms with Crippen molar-refractivity contribution in [3.8, 4) is 5.75 Å². The number of hydrogen-bond donors (Lipinski definition) is 1. The lowest BCUT2D eigenvalue weighted by atomic mass is 9.92. The van der Waals surface area contributed by atoms with Crippen molar-refractivity contribution in [2.75, 3.05) is 11.4 Å². The number of nitrogens with zero attached hydrogens (tertiary/aromatic N) is 1. The van der Waals surface area contributed by atoms with Gasteiger partial charge < -0.3 is 15.0 Å². The third-order valence-corrected chi connectivity index (χ3v) is 6.09. The predicted octanol–water partition coefficient (Wildman–Crippen LogP) is 4.73. The molecular formula is C23H27ClN2O2. The van der Waals surface area contributed by atoms with Gasteiger partial charge in [-0.15, -0.1) is 0 Å². The summed E-state index contributed by atoms with van der Waals surface area (Å²) in [5.74, 6) is 0.689. The Kier molecular flexibility index (Phi) is 5.88. The summed E-state index contributed by atoms with van der Waals surface area (Å²) in [6.45, 7) is 2.78. The smallest absolute Gasteiger partial charge is 0.270 e. The summed E-state index contributed by atoms with van der Waals surface area (Å²) >= 11 is 5.97. The molecule has 0 radical (unpaired) electrons. The van der Waals surface area contributed by atoms with Crippen LogP contribution < -0.4 is 15.0 Å². The van der Waals surface area contributed by atoms with E-state index in [0.717, 1.165) is 17.8 Å². The van der Waals surface area contributed by atoms with Crippen molar-refractivity contribution < 1.29 is 9.53 Å². The van der Waals surface area contributed by atoms with Crippen LogP contribution in [-0.4, -0.2) is 30.6 Å². The Hall–Kier alpha value is -2.04. The number of benzene rings is 2. The van der Waals surface area contributed by atoms with Crippen molar-refractivity contribution in [2.45, 2.75) is 57.2 Å². The first-order valence-electron chi connectivity index (χ1n) is 10.2. The average Bonchev–Trinajstić information content (AvgIpc) is 2.72. The maximum Gasteiger partial charge on any atom is 0.270 e. The molecule has 0 bridgehead atoms. The van der Waals surface area contributed by atoms with Crippen LogP contribution in [0.2, 0.25) is 5.02 Å². The number of hydrogen-bond acceptors (Lipinski definition) is 3. The fourth-order valence-electron chi connectivity index (χ4n) is 4.23. The molecule has 4 rings (SSSR count). The summed E-state index contributed by atoms with van der Waals surface area (Å²) < 4.78 is 6.07. The summed E-state index contributed by atoms with van der Waals surface area (Å²) in [4.78, 5) is 14.9. The van der Waals surface area contributed by atoms with E-state index >= 15 is 0 Å². The van der Waals surface area contributed by atoms with E-state index in [1.54, 1.807) is 12.1 Å². The van der Waals surface area contributed by atoms with Crippen LogP contribution in [0, 0.1) is 6.92 Å². The van der Waals surface area contributed by atoms with E-state index in [1.165, 1.54) is 32.1 Å². The summed E-state index contributed by atoms with van der Waals surface area (Å²) in [5, 5.41) is 4.35. The maximum absolute atomic E-state index is 13.0. The second-order valence-corrected chi connectivity index (χ2v) is 8.23. The fraction of sp³-hybridized carbons (Fsp3) is 0.435. The molecule has 2 atom stereocenters. The van der Waals surface area contributed by atoms with E-state index in [-0.39, 0.29) is 11.9 Å². The molecule has 4 nitrogen and oxygen atoms in total. The highest BCUT2D eigenvalue weighted by molar-refractivity contribution is 6.30. The monoisotopic (exact) mass is 398 g/mol. The highest BCUT2D eigenvalue weighted by Gasteiger charge is 2.50. The Labute approximate surface area is 171 Å². The molecule has 2 aromatic carbocycles. The number of aryl methyl sites for hydroxylation is 1. The van der Waals surface area contributed by atoms with Crippen LogP contribution in [0.5, 0.6) is 5.75 Å². The zero-order chi connectivity index (χ0) is 19.5. The Bertz CT molecular complexity index is 818. The van der Waals surface area contributed by atoms with Gasteiger partial charge in [0, 0.05) is 23.3 Å². The number of halogens is 1. The number of amides is 1. The van der Waals surface area contributed by atoms with Crippen LogP contribution >= 0.6 is 11.6 Å². The van der Waals surface area contributed by atoms with Gasteiger partial charge in [-0.3, -0.25) is 4.79 Å². The first-order valence-corrected chi connectivity index (χ1v) is 10.6. The number of nitrogens with one attached hydrogen (secondary N) is 1. The van der Waals surface area contributed by atoms with E-state index in [9.17, 15) is 4.79 Å². The molecule has 2 fully saturated rings. The fourth-order valence-corrected chi connectivity index (χ4v) is 4.36. The first kappa shape index (κ1) is 19.3. The lowest BCUT2D eigenvalue weighted by Crippen LogP contribution is -2.70. The Balaban J connectivity index is 1.51. The van der Waals surface area contributed by atoms with Gasteiger partial charge in [0.25, 0.3) is 5.91 Å². The molecular weight excluding hydrogens is 372 g/mol. The standard InChI is InChI=1S/C23H27ClN2O2/c1-16-7-5-6-10-20(16)26-21(15-25-18-8-3-2-4-9-18)22(23(26)27)28-19-13-11-17(24)12-14-19/h5-7,10-14,18,21-22,25H,2-4,8-9,15H2,1H3/t21-,22-/m1/s1. The van der Waals surface area contributed by atoms with Gasteiger partial charge in [0.2, 0.25) is 0 Å². The van der Waals surface area contributed by atoms with E-state index in [4.69, 9.17) is 16.3 Å². The molecule has 1 amide bonds. The molecule has 148 valence electrons. The van der Waals surface area contributed by atoms with Gasteiger partial charge in [0.05, 0.1) is 6.04 Å². The summed E-state index contributed by atoms with van der Waals surface area (Å²) in [5.41, 5.74) is 2.07. The predicted molar refractivity (Wildman–Crippen MR) is 113 cm³/mol. The van der Waals surface area contributed by atoms with Gasteiger partial charge in [0.15, 0.2) is 6.10 Å². The number of anilines is 1. The van der Waals surface area contributed by atoms with Crippen molar-refractivity contribution in [1.29, 1.82) is 0 Å². The van der Waals surface area contributed by atoms with Crippen molar-refractivity contribution in [1.82, 2.24) is 5.32 Å². The number of rotatable bonds is 6. The summed E-state index contributed by atoms with van der Waals surface area (Å²) in [6.07, 6.45) is 5.86. The number of para-hydroxylation sites is 1. The van der Waals surface area contributed by atoms with Gasteiger partial charge in [0.1, 0.15) is 5.75 Å². The molecule has 28 heavy (non-hydrogen) atoms. The third-order valence-electron chi connectivity index (χ3n) is 5.83. The highest BCUT2D eigenvalue weighted by Crippen LogP contribution is 2.33. The molecule has 0 unspecified atom stereocenters. The molecule has 0 spiro atoms. The molecule has 1 saturated heterocycles. The minimum absolute atomic E-state index is 0.0136. The number of ether oxygens (including phenoxy) is 1. The highest BCUT2D eigenvalue weighted by atomic mass is 35.5. The molecule has 1 heterocycles. The van der Waals surface area contributed by atoms with Crippen LogP contribution in [-0.2, 0) is 4.79 Å².